The molecule has 0 atom stereocenters. The minimum Gasteiger partial charge on any atom is -0.456 e. The first-order valence-corrected chi connectivity index (χ1v) is 21.1. The molecule has 0 saturated heterocycles. The Bertz CT molecular complexity index is 3810. The lowest BCUT2D eigenvalue weighted by Gasteiger charge is -2.27. The molecule has 0 aliphatic carbocycles. The third-order valence-corrected chi connectivity index (χ3v) is 12.6. The minimum absolute atomic E-state index is 0.853. The zero-order valence-electron chi connectivity index (χ0n) is 33.5. The smallest absolute Gasteiger partial charge is 0.143 e. The van der Waals surface area contributed by atoms with Gasteiger partial charge >= 0.3 is 0 Å². The Labute approximate surface area is 356 Å². The van der Waals surface area contributed by atoms with Gasteiger partial charge in [0.05, 0.1) is 27.8 Å². The summed E-state index contributed by atoms with van der Waals surface area (Å²) >= 11 is 0. The maximum atomic E-state index is 6.71. The molecule has 0 spiro atoms. The molecule has 0 fully saturated rings. The highest BCUT2D eigenvalue weighted by Gasteiger charge is 2.22. The van der Waals surface area contributed by atoms with Crippen LogP contribution in [-0.4, -0.2) is 4.57 Å². The van der Waals surface area contributed by atoms with Crippen LogP contribution in [-0.2, 0) is 0 Å². The van der Waals surface area contributed by atoms with E-state index < -0.39 is 0 Å². The number of hydrogen-bond donors (Lipinski definition) is 0. The van der Waals surface area contributed by atoms with Crippen molar-refractivity contribution in [2.75, 3.05) is 4.90 Å². The number of furan rings is 2. The van der Waals surface area contributed by atoms with E-state index in [1.54, 1.807) is 0 Å². The van der Waals surface area contributed by atoms with Gasteiger partial charge in [0.1, 0.15) is 22.3 Å². The van der Waals surface area contributed by atoms with Gasteiger partial charge in [-0.3, -0.25) is 0 Å². The van der Waals surface area contributed by atoms with Gasteiger partial charge in [-0.1, -0.05) is 140 Å². The molecule has 0 unspecified atom stereocenters. The van der Waals surface area contributed by atoms with Crippen LogP contribution >= 0.6 is 0 Å². The summed E-state index contributed by atoms with van der Waals surface area (Å²) in [6.45, 7) is 0. The van der Waals surface area contributed by atoms with Crippen molar-refractivity contribution >= 4 is 93.5 Å². The minimum atomic E-state index is 0.853. The van der Waals surface area contributed by atoms with Gasteiger partial charge in [0.25, 0.3) is 0 Å². The van der Waals surface area contributed by atoms with E-state index in [2.05, 4.69) is 216 Å². The molecular formula is C58H36N2O2. The number of para-hydroxylation sites is 4. The molecule has 0 bridgehead atoms. The SMILES string of the molecule is c1ccc(-n2c3ccccc3c3ccccc32)c(-c2ccc(N(c3ccc(-c4ccc5c(c4)oc4ccccc45)cc3)c3cccc4oc5c6ccccc6ccc5c34)cc2)c1. The van der Waals surface area contributed by atoms with E-state index in [0.29, 0.717) is 0 Å². The second-order valence-electron chi connectivity index (χ2n) is 16.0. The van der Waals surface area contributed by atoms with Crippen LogP contribution in [0.25, 0.3) is 104 Å². The van der Waals surface area contributed by atoms with Crippen LogP contribution < -0.4 is 4.90 Å². The van der Waals surface area contributed by atoms with Crippen LogP contribution in [0.15, 0.2) is 227 Å². The molecule has 4 nitrogen and oxygen atoms in total. The van der Waals surface area contributed by atoms with E-state index in [9.17, 15) is 0 Å². The van der Waals surface area contributed by atoms with Gasteiger partial charge in [-0.2, -0.15) is 0 Å². The number of anilines is 3. The van der Waals surface area contributed by atoms with Crippen molar-refractivity contribution in [2.24, 2.45) is 0 Å². The molecule has 0 aliphatic heterocycles. The monoisotopic (exact) mass is 792 g/mol. The van der Waals surface area contributed by atoms with Crippen molar-refractivity contribution in [1.29, 1.82) is 0 Å². The summed E-state index contributed by atoms with van der Waals surface area (Å²) in [7, 11) is 0. The van der Waals surface area contributed by atoms with Gasteiger partial charge in [0, 0.05) is 49.3 Å². The molecule has 290 valence electrons. The van der Waals surface area contributed by atoms with Gasteiger partial charge in [-0.15, -0.1) is 0 Å². The molecule has 0 saturated carbocycles. The first-order valence-electron chi connectivity index (χ1n) is 21.1. The number of hydrogen-bond acceptors (Lipinski definition) is 3. The Balaban J connectivity index is 0.962. The van der Waals surface area contributed by atoms with E-state index in [1.807, 2.05) is 12.1 Å². The third kappa shape index (κ3) is 5.27. The molecule has 3 heterocycles. The topological polar surface area (TPSA) is 34.5 Å². The van der Waals surface area contributed by atoms with Crippen molar-refractivity contribution in [2.45, 2.75) is 0 Å². The summed E-state index contributed by atoms with van der Waals surface area (Å²) in [5, 5.41) is 9.19. The fourth-order valence-electron chi connectivity index (χ4n) is 9.74. The second-order valence-corrected chi connectivity index (χ2v) is 16.0. The molecule has 0 amide bonds. The molecule has 3 aromatic heterocycles. The average Bonchev–Trinajstić information content (AvgIpc) is 4.02. The van der Waals surface area contributed by atoms with E-state index >= 15 is 0 Å². The molecule has 13 rings (SSSR count). The fraction of sp³-hybridized carbons (Fsp3) is 0. The second kappa shape index (κ2) is 13.6. The Morgan fingerprint density at radius 2 is 0.935 bits per heavy atom. The van der Waals surface area contributed by atoms with Crippen LogP contribution in [0.1, 0.15) is 0 Å². The highest BCUT2D eigenvalue weighted by Crippen LogP contribution is 2.45. The number of fused-ring (bicyclic) bond motifs is 11. The van der Waals surface area contributed by atoms with Gasteiger partial charge < -0.3 is 18.3 Å². The number of rotatable bonds is 6. The summed E-state index contributed by atoms with van der Waals surface area (Å²) in [6, 6.07) is 78.0. The lowest BCUT2D eigenvalue weighted by atomic mass is 10.0. The van der Waals surface area contributed by atoms with E-state index in [-0.39, 0.29) is 0 Å². The summed E-state index contributed by atoms with van der Waals surface area (Å²) in [6.07, 6.45) is 0. The van der Waals surface area contributed by atoms with Crippen LogP contribution in [0, 0.1) is 0 Å². The number of nitrogens with zero attached hydrogens (tertiary/aromatic N) is 2. The molecular weight excluding hydrogens is 757 g/mol. The van der Waals surface area contributed by atoms with Crippen LogP contribution in [0.3, 0.4) is 0 Å². The first-order chi connectivity index (χ1) is 30.7. The quantitative estimate of drug-likeness (QED) is 0.168. The molecule has 0 radical (unpaired) electrons. The largest absolute Gasteiger partial charge is 0.456 e. The van der Waals surface area contributed by atoms with Crippen LogP contribution in [0.4, 0.5) is 17.1 Å². The maximum Gasteiger partial charge on any atom is 0.143 e. The Kier molecular flexibility index (Phi) is 7.57. The number of benzene rings is 10. The standard InChI is InChI=1S/C58H36N2O2/c1-2-14-44-38(12-1)28-35-49-57-53(21-11-23-55(57)62-58(44)49)59(41-30-24-37(25-31-41)40-29-34-48-47-17-6-10-22-54(47)61-56(48)36-40)42-32-26-39(27-33-42)43-13-3-7-18-50(43)60-51-19-8-4-15-45(51)46-16-5-9-20-52(46)60/h1-36H. The average molecular weight is 793 g/mol. The predicted octanol–water partition coefficient (Wildman–Crippen LogP) is 16.5. The third-order valence-electron chi connectivity index (χ3n) is 12.6. The fourth-order valence-corrected chi connectivity index (χ4v) is 9.74. The predicted molar refractivity (Wildman–Crippen MR) is 258 cm³/mol. The summed E-state index contributed by atoms with van der Waals surface area (Å²) in [5.41, 5.74) is 14.7. The van der Waals surface area contributed by atoms with Gasteiger partial charge in [-0.25, -0.2) is 0 Å². The lowest BCUT2D eigenvalue weighted by molar-refractivity contribution is 0.669. The van der Waals surface area contributed by atoms with Crippen molar-refractivity contribution in [3.05, 3.63) is 218 Å². The van der Waals surface area contributed by atoms with Gasteiger partial charge in [-0.05, 0) is 101 Å². The molecule has 13 aromatic rings. The highest BCUT2D eigenvalue weighted by molar-refractivity contribution is 6.19. The molecule has 0 N–H and O–H groups in total. The van der Waals surface area contributed by atoms with Crippen LogP contribution in [0.5, 0.6) is 0 Å². The zero-order chi connectivity index (χ0) is 40.7. The summed E-state index contributed by atoms with van der Waals surface area (Å²) < 4.78 is 15.4. The van der Waals surface area contributed by atoms with Crippen molar-refractivity contribution in [1.82, 2.24) is 4.57 Å². The number of aromatic nitrogens is 1. The zero-order valence-corrected chi connectivity index (χ0v) is 33.5. The van der Waals surface area contributed by atoms with Gasteiger partial charge in [0.2, 0.25) is 0 Å². The van der Waals surface area contributed by atoms with Crippen molar-refractivity contribution < 1.29 is 8.83 Å². The normalized spacial score (nSPS) is 11.9. The summed E-state index contributed by atoms with van der Waals surface area (Å²) in [4.78, 5) is 2.36. The van der Waals surface area contributed by atoms with Crippen molar-refractivity contribution in [3.8, 4) is 27.9 Å². The Morgan fingerprint density at radius 1 is 0.355 bits per heavy atom. The maximum absolute atomic E-state index is 6.71. The Hall–Kier alpha value is -8.34. The summed E-state index contributed by atoms with van der Waals surface area (Å²) in [5.74, 6) is 0. The van der Waals surface area contributed by atoms with E-state index in [0.717, 1.165) is 99.7 Å². The molecule has 62 heavy (non-hydrogen) atoms. The highest BCUT2D eigenvalue weighted by atomic mass is 16.3. The van der Waals surface area contributed by atoms with Gasteiger partial charge in [0.15, 0.2) is 0 Å². The molecule has 10 aromatic carbocycles. The van der Waals surface area contributed by atoms with E-state index in [1.165, 1.54) is 21.8 Å². The molecule has 0 aliphatic rings. The van der Waals surface area contributed by atoms with E-state index in [4.69, 9.17) is 8.83 Å². The van der Waals surface area contributed by atoms with Crippen molar-refractivity contribution in [3.63, 3.8) is 0 Å². The lowest BCUT2D eigenvalue weighted by Crippen LogP contribution is -2.10. The van der Waals surface area contributed by atoms with Crippen LogP contribution in [0.2, 0.25) is 0 Å². The molecule has 4 heteroatoms. The first kappa shape index (κ1) is 34.5. The Morgan fingerprint density at radius 3 is 1.71 bits per heavy atom.